The smallest absolute Gasteiger partial charge is 0.303 e. The van der Waals surface area contributed by atoms with Gasteiger partial charge >= 0.3 is 17.9 Å². The van der Waals surface area contributed by atoms with Crippen molar-refractivity contribution in [1.29, 1.82) is 0 Å². The number of aliphatic hydroxyl groups excluding tert-OH is 1. The Morgan fingerprint density at radius 1 is 1.00 bits per heavy atom. The number of ether oxygens (including phenoxy) is 4. The Labute approximate surface area is 216 Å². The zero-order chi connectivity index (χ0) is 26.9. The molecule has 1 saturated heterocycles. The molecule has 0 saturated carbocycles. The van der Waals surface area contributed by atoms with Crippen molar-refractivity contribution in [2.45, 2.75) is 51.4 Å². The first-order valence-corrected chi connectivity index (χ1v) is 11.8. The SMILES string of the molecule is CC(=O)O[C@@H]1[C@@H](OC(C)=O)[C@H](OC(C)=O)CO[C@H]1n1cc(C(O)c2ccc(F)cc2)c2c(Cl)cccc21. The second-order valence-corrected chi connectivity index (χ2v) is 9.01. The summed E-state index contributed by atoms with van der Waals surface area (Å²) in [7, 11) is 0. The van der Waals surface area contributed by atoms with Crippen molar-refractivity contribution < 1.29 is 42.8 Å². The van der Waals surface area contributed by atoms with E-state index in [1.54, 1.807) is 29.0 Å². The van der Waals surface area contributed by atoms with Gasteiger partial charge in [0.2, 0.25) is 0 Å². The van der Waals surface area contributed by atoms with Gasteiger partial charge in [-0.15, -0.1) is 0 Å². The van der Waals surface area contributed by atoms with E-state index in [1.165, 1.54) is 45.0 Å². The van der Waals surface area contributed by atoms with Crippen molar-refractivity contribution >= 4 is 40.4 Å². The molecule has 0 bridgehead atoms. The number of hydrogen-bond acceptors (Lipinski definition) is 8. The van der Waals surface area contributed by atoms with Gasteiger partial charge in [0.05, 0.1) is 17.1 Å². The van der Waals surface area contributed by atoms with E-state index in [-0.39, 0.29) is 6.61 Å². The summed E-state index contributed by atoms with van der Waals surface area (Å²) in [4.78, 5) is 35.7. The van der Waals surface area contributed by atoms with Gasteiger partial charge in [-0.1, -0.05) is 29.8 Å². The van der Waals surface area contributed by atoms with Crippen LogP contribution in [0, 0.1) is 5.82 Å². The number of aliphatic hydroxyl groups is 1. The molecule has 0 amide bonds. The van der Waals surface area contributed by atoms with Crippen LogP contribution in [0.1, 0.15) is 44.2 Å². The van der Waals surface area contributed by atoms with Crippen molar-refractivity contribution in [3.8, 4) is 0 Å². The summed E-state index contributed by atoms with van der Waals surface area (Å²) in [6.07, 6.45) is -4.07. The molecule has 1 fully saturated rings. The molecule has 37 heavy (non-hydrogen) atoms. The van der Waals surface area contributed by atoms with Gasteiger partial charge < -0.3 is 28.6 Å². The highest BCUT2D eigenvalue weighted by atomic mass is 35.5. The number of carbonyl (C=O) groups is 3. The van der Waals surface area contributed by atoms with Crippen LogP contribution in [0.2, 0.25) is 5.02 Å². The number of carbonyl (C=O) groups excluding carboxylic acids is 3. The molecule has 4 rings (SSSR count). The number of nitrogens with zero attached hydrogens (tertiary/aromatic N) is 1. The average molecular weight is 534 g/mol. The molecule has 0 radical (unpaired) electrons. The molecule has 11 heteroatoms. The number of benzene rings is 2. The highest BCUT2D eigenvalue weighted by Crippen LogP contribution is 2.40. The van der Waals surface area contributed by atoms with E-state index in [4.69, 9.17) is 30.5 Å². The Hall–Kier alpha value is -3.47. The van der Waals surface area contributed by atoms with Crippen LogP contribution >= 0.6 is 11.6 Å². The van der Waals surface area contributed by atoms with E-state index in [9.17, 15) is 23.9 Å². The fourth-order valence-electron chi connectivity index (χ4n) is 4.50. The number of fused-ring (bicyclic) bond motifs is 1. The lowest BCUT2D eigenvalue weighted by atomic mass is 10.0. The summed E-state index contributed by atoms with van der Waals surface area (Å²) in [5.74, 6) is -2.43. The maximum absolute atomic E-state index is 13.5. The lowest BCUT2D eigenvalue weighted by Gasteiger charge is -2.41. The molecule has 0 aliphatic carbocycles. The Morgan fingerprint density at radius 2 is 1.62 bits per heavy atom. The third-order valence-corrected chi connectivity index (χ3v) is 6.23. The van der Waals surface area contributed by atoms with Crippen LogP contribution < -0.4 is 0 Å². The first-order chi connectivity index (χ1) is 17.6. The Morgan fingerprint density at radius 3 is 2.24 bits per heavy atom. The van der Waals surface area contributed by atoms with Crippen molar-refractivity contribution in [2.24, 2.45) is 0 Å². The largest absolute Gasteiger partial charge is 0.456 e. The third-order valence-electron chi connectivity index (χ3n) is 5.92. The highest BCUT2D eigenvalue weighted by Gasteiger charge is 2.48. The van der Waals surface area contributed by atoms with E-state index < -0.39 is 54.4 Å². The maximum Gasteiger partial charge on any atom is 0.303 e. The molecule has 196 valence electrons. The zero-order valence-electron chi connectivity index (χ0n) is 20.2. The summed E-state index contributed by atoms with van der Waals surface area (Å²) in [6, 6.07) is 10.5. The number of esters is 3. The summed E-state index contributed by atoms with van der Waals surface area (Å²) < 4.78 is 37.4. The number of halogens is 2. The molecule has 3 aromatic rings. The predicted octanol–water partition coefficient (Wildman–Crippen LogP) is 3.84. The van der Waals surface area contributed by atoms with E-state index in [2.05, 4.69) is 0 Å². The lowest BCUT2D eigenvalue weighted by Crippen LogP contribution is -2.55. The molecule has 5 atom stereocenters. The quantitative estimate of drug-likeness (QED) is 0.375. The minimum atomic E-state index is -1.22. The van der Waals surface area contributed by atoms with Gasteiger partial charge in [0.25, 0.3) is 0 Å². The fraction of sp³-hybridized carbons (Fsp3) is 0.346. The summed E-state index contributed by atoms with van der Waals surface area (Å²) in [6.45, 7) is 3.40. The van der Waals surface area contributed by atoms with Gasteiger partial charge in [-0.25, -0.2) is 4.39 Å². The van der Waals surface area contributed by atoms with Gasteiger partial charge in [0, 0.05) is 37.9 Å². The first kappa shape index (κ1) is 26.6. The minimum Gasteiger partial charge on any atom is -0.456 e. The second kappa shape index (κ2) is 10.9. The van der Waals surface area contributed by atoms with Crippen LogP contribution in [-0.4, -0.2) is 52.5 Å². The molecule has 0 spiro atoms. The Bertz CT molecular complexity index is 1320. The first-order valence-electron chi connectivity index (χ1n) is 11.4. The average Bonchev–Trinajstić information content (AvgIpc) is 3.21. The highest BCUT2D eigenvalue weighted by molar-refractivity contribution is 6.35. The van der Waals surface area contributed by atoms with Crippen LogP contribution in [0.4, 0.5) is 4.39 Å². The van der Waals surface area contributed by atoms with Crippen molar-refractivity contribution in [1.82, 2.24) is 4.57 Å². The lowest BCUT2D eigenvalue weighted by molar-refractivity contribution is -0.239. The van der Waals surface area contributed by atoms with E-state index in [0.717, 1.165) is 0 Å². The van der Waals surface area contributed by atoms with Crippen LogP contribution in [0.15, 0.2) is 48.7 Å². The molecule has 2 aromatic carbocycles. The third kappa shape index (κ3) is 5.61. The number of rotatable bonds is 6. The zero-order valence-corrected chi connectivity index (χ0v) is 21.0. The normalized spacial score (nSPS) is 22.3. The molecule has 1 aromatic heterocycles. The molecule has 2 heterocycles. The summed E-state index contributed by atoms with van der Waals surface area (Å²) in [5, 5.41) is 12.0. The summed E-state index contributed by atoms with van der Waals surface area (Å²) >= 11 is 6.53. The topological polar surface area (TPSA) is 113 Å². The molecular weight excluding hydrogens is 509 g/mol. The van der Waals surface area contributed by atoms with Crippen LogP contribution in [0.5, 0.6) is 0 Å². The van der Waals surface area contributed by atoms with E-state index in [0.29, 0.717) is 27.1 Å². The van der Waals surface area contributed by atoms with Crippen molar-refractivity contribution in [3.63, 3.8) is 0 Å². The van der Waals surface area contributed by atoms with Gasteiger partial charge in [-0.2, -0.15) is 0 Å². The van der Waals surface area contributed by atoms with Gasteiger partial charge in [0.1, 0.15) is 11.9 Å². The Balaban J connectivity index is 1.84. The molecule has 9 nitrogen and oxygen atoms in total. The maximum atomic E-state index is 13.5. The minimum absolute atomic E-state index is 0.171. The van der Waals surface area contributed by atoms with Crippen molar-refractivity contribution in [3.05, 3.63) is 70.6 Å². The summed E-state index contributed by atoms with van der Waals surface area (Å²) in [5.41, 5.74) is 1.34. The number of hydrogen-bond donors (Lipinski definition) is 1. The molecule has 1 aliphatic rings. The predicted molar refractivity (Wildman–Crippen MR) is 129 cm³/mol. The Kier molecular flexibility index (Phi) is 7.82. The van der Waals surface area contributed by atoms with E-state index >= 15 is 0 Å². The van der Waals surface area contributed by atoms with Crippen LogP contribution in [-0.2, 0) is 33.3 Å². The molecule has 1 aliphatic heterocycles. The molecule has 1 N–H and O–H groups in total. The van der Waals surface area contributed by atoms with E-state index in [1.807, 2.05) is 0 Å². The second-order valence-electron chi connectivity index (χ2n) is 8.60. The fourth-order valence-corrected chi connectivity index (χ4v) is 4.78. The van der Waals surface area contributed by atoms with Gasteiger partial charge in [0.15, 0.2) is 24.5 Å². The number of aromatic nitrogens is 1. The monoisotopic (exact) mass is 533 g/mol. The molecule has 1 unspecified atom stereocenters. The van der Waals surface area contributed by atoms with Crippen LogP contribution in [0.25, 0.3) is 10.9 Å². The van der Waals surface area contributed by atoms with Gasteiger partial charge in [-0.05, 0) is 29.8 Å². The van der Waals surface area contributed by atoms with Gasteiger partial charge in [-0.3, -0.25) is 14.4 Å². The van der Waals surface area contributed by atoms with Crippen molar-refractivity contribution in [2.75, 3.05) is 6.61 Å². The standard InChI is InChI=1S/C26H25ClFNO8/c1-13(30)35-21-12-34-26(25(37-15(3)32)24(21)36-14(2)31)29-11-18(22-19(27)5-4-6-20(22)29)23(33)16-7-9-17(28)10-8-16/h4-11,21,23-26,33H,12H2,1-3H3/t21-,23?,24+,25-,26-/m1/s1. The molecular formula is C26H25ClFNO8. The van der Waals surface area contributed by atoms with Crippen LogP contribution in [0.3, 0.4) is 0 Å².